The molecule has 1 aromatic carbocycles. The Balaban J connectivity index is 2.20. The zero-order valence-corrected chi connectivity index (χ0v) is 13.8. The number of carbonyl (C=O) groups excluding carboxylic acids is 1. The van der Waals surface area contributed by atoms with Crippen molar-refractivity contribution in [1.82, 2.24) is 0 Å². The van der Waals surface area contributed by atoms with Crippen LogP contribution >= 0.6 is 0 Å². The molecule has 0 heterocycles. The number of nitrogens with two attached hydrogens (primary N) is 1. The molecule has 1 aromatic rings. The first kappa shape index (κ1) is 18.9. The highest BCUT2D eigenvalue weighted by atomic mass is 16.9. The molecule has 3 N–H and O–H groups in total. The largest absolute Gasteiger partial charge is 0.481 e. The van der Waals surface area contributed by atoms with Gasteiger partial charge in [0.25, 0.3) is 5.09 Å². The normalized spacial score (nSPS) is 17.5. The first-order valence-electron chi connectivity index (χ1n) is 8.22. The Bertz CT molecular complexity index is 654. The molecule has 0 spiro atoms. The Morgan fingerprint density at radius 3 is 2.60 bits per heavy atom. The summed E-state index contributed by atoms with van der Waals surface area (Å²) in [5, 5.41) is 18.6. The first-order chi connectivity index (χ1) is 11.8. The second kappa shape index (κ2) is 8.06. The van der Waals surface area contributed by atoms with E-state index in [0.717, 1.165) is 19.3 Å². The van der Waals surface area contributed by atoms with Crippen LogP contribution in [-0.2, 0) is 16.2 Å². The minimum Gasteiger partial charge on any atom is -0.481 e. The fraction of sp³-hybridized carbons (Fsp3) is 0.529. The summed E-state index contributed by atoms with van der Waals surface area (Å²) < 4.78 is 0. The molecule has 2 rings (SSSR count). The van der Waals surface area contributed by atoms with E-state index in [9.17, 15) is 24.8 Å². The molecule has 0 bridgehead atoms. The summed E-state index contributed by atoms with van der Waals surface area (Å²) in [4.78, 5) is 38.7. The van der Waals surface area contributed by atoms with Gasteiger partial charge in [0, 0.05) is 11.0 Å². The third-order valence-electron chi connectivity index (χ3n) is 4.84. The number of benzene rings is 1. The van der Waals surface area contributed by atoms with Crippen molar-refractivity contribution in [2.75, 3.05) is 0 Å². The molecule has 25 heavy (non-hydrogen) atoms. The highest BCUT2D eigenvalue weighted by Gasteiger charge is 2.43. The van der Waals surface area contributed by atoms with E-state index in [1.54, 1.807) is 18.2 Å². The fourth-order valence-electron chi connectivity index (χ4n) is 3.55. The Kier molecular flexibility index (Phi) is 6.08. The number of hydrogen-bond acceptors (Lipinski definition) is 6. The zero-order valence-electron chi connectivity index (χ0n) is 13.8. The van der Waals surface area contributed by atoms with Gasteiger partial charge in [-0.1, -0.05) is 37.5 Å². The SMILES string of the molecule is NC(C(=O)c1cccc(CO[N+](=O)[O-])c1)C1(CC(=O)O)CCCCC1. The van der Waals surface area contributed by atoms with E-state index in [4.69, 9.17) is 5.73 Å². The number of aliphatic carboxylic acids is 1. The van der Waals surface area contributed by atoms with Gasteiger partial charge < -0.3 is 15.7 Å². The molecule has 0 radical (unpaired) electrons. The molecule has 1 saturated carbocycles. The molecule has 1 aliphatic carbocycles. The van der Waals surface area contributed by atoms with Crippen molar-refractivity contribution in [2.24, 2.45) is 11.1 Å². The van der Waals surface area contributed by atoms with E-state index in [1.165, 1.54) is 6.07 Å². The molecule has 1 atom stereocenters. The highest BCUT2D eigenvalue weighted by molar-refractivity contribution is 6.01. The molecular formula is C17H22N2O6. The number of rotatable bonds is 8. The average Bonchev–Trinajstić information content (AvgIpc) is 2.59. The Labute approximate surface area is 145 Å². The number of carbonyl (C=O) groups is 2. The van der Waals surface area contributed by atoms with Crippen LogP contribution in [0.1, 0.15) is 54.4 Å². The quantitative estimate of drug-likeness (QED) is 0.417. The van der Waals surface area contributed by atoms with Crippen LogP contribution in [0.3, 0.4) is 0 Å². The molecule has 1 aliphatic rings. The van der Waals surface area contributed by atoms with Gasteiger partial charge in [-0.05, 0) is 24.5 Å². The summed E-state index contributed by atoms with van der Waals surface area (Å²) in [5.74, 6) is -1.30. The first-order valence-corrected chi connectivity index (χ1v) is 8.22. The van der Waals surface area contributed by atoms with E-state index in [1.807, 2.05) is 0 Å². The summed E-state index contributed by atoms with van der Waals surface area (Å²) in [6.07, 6.45) is 3.79. The zero-order chi connectivity index (χ0) is 18.4. The Hall–Kier alpha value is -2.48. The molecule has 1 fully saturated rings. The van der Waals surface area contributed by atoms with Crippen molar-refractivity contribution in [3.8, 4) is 0 Å². The highest BCUT2D eigenvalue weighted by Crippen LogP contribution is 2.42. The summed E-state index contributed by atoms with van der Waals surface area (Å²) in [7, 11) is 0. The van der Waals surface area contributed by atoms with E-state index >= 15 is 0 Å². The lowest BCUT2D eigenvalue weighted by molar-refractivity contribution is -0.763. The van der Waals surface area contributed by atoms with Gasteiger partial charge in [0.2, 0.25) is 0 Å². The maximum Gasteiger partial charge on any atom is 0.303 e. The molecule has 0 aliphatic heterocycles. The molecule has 8 heteroatoms. The molecule has 0 amide bonds. The van der Waals surface area contributed by atoms with Crippen LogP contribution in [0.5, 0.6) is 0 Å². The molecule has 0 aromatic heterocycles. The van der Waals surface area contributed by atoms with Gasteiger partial charge in [-0.3, -0.25) is 9.59 Å². The van der Waals surface area contributed by atoms with E-state index < -0.39 is 22.5 Å². The monoisotopic (exact) mass is 350 g/mol. The Morgan fingerprint density at radius 1 is 1.32 bits per heavy atom. The predicted octanol–water partition coefficient (Wildman–Crippen LogP) is 2.33. The van der Waals surface area contributed by atoms with E-state index in [0.29, 0.717) is 24.0 Å². The number of Topliss-reactive ketones (excluding diaryl/α,β-unsaturated/α-hetero) is 1. The van der Waals surface area contributed by atoms with Crippen molar-refractivity contribution in [2.45, 2.75) is 51.2 Å². The third-order valence-corrected chi connectivity index (χ3v) is 4.84. The van der Waals surface area contributed by atoms with Crippen LogP contribution in [0, 0.1) is 15.5 Å². The Morgan fingerprint density at radius 2 is 2.00 bits per heavy atom. The molecule has 1 unspecified atom stereocenters. The summed E-state index contributed by atoms with van der Waals surface area (Å²) in [6, 6.07) is 5.37. The van der Waals surface area contributed by atoms with Crippen molar-refractivity contribution in [3.63, 3.8) is 0 Å². The average molecular weight is 350 g/mol. The smallest absolute Gasteiger partial charge is 0.303 e. The van der Waals surface area contributed by atoms with Crippen molar-refractivity contribution < 1.29 is 24.6 Å². The van der Waals surface area contributed by atoms with Crippen LogP contribution in [0.2, 0.25) is 0 Å². The van der Waals surface area contributed by atoms with Crippen LogP contribution in [0.4, 0.5) is 0 Å². The second-order valence-corrected chi connectivity index (χ2v) is 6.53. The molecule has 136 valence electrons. The van der Waals surface area contributed by atoms with Crippen LogP contribution in [0.15, 0.2) is 24.3 Å². The van der Waals surface area contributed by atoms with Gasteiger partial charge >= 0.3 is 5.97 Å². The molecule has 8 nitrogen and oxygen atoms in total. The van der Waals surface area contributed by atoms with E-state index in [-0.39, 0.29) is 18.8 Å². The standard InChI is InChI=1S/C17H22N2O6/c18-16(17(10-14(20)21)7-2-1-3-8-17)15(22)13-6-4-5-12(9-13)11-25-19(23)24/h4-6,9,16H,1-3,7-8,10-11,18H2,(H,20,21). The number of carboxylic acids is 1. The van der Waals surface area contributed by atoms with Gasteiger partial charge in [-0.2, -0.15) is 0 Å². The van der Waals surface area contributed by atoms with Crippen LogP contribution in [0.25, 0.3) is 0 Å². The van der Waals surface area contributed by atoms with Crippen LogP contribution in [-0.4, -0.2) is 28.0 Å². The van der Waals surface area contributed by atoms with Crippen molar-refractivity contribution in [1.29, 1.82) is 0 Å². The van der Waals surface area contributed by atoms with Crippen LogP contribution < -0.4 is 5.73 Å². The minimum atomic E-state index is -0.960. The second-order valence-electron chi connectivity index (χ2n) is 6.53. The lowest BCUT2D eigenvalue weighted by Crippen LogP contribution is -2.49. The van der Waals surface area contributed by atoms with E-state index in [2.05, 4.69) is 4.84 Å². The molecule has 0 saturated heterocycles. The number of ketones is 1. The summed E-state index contributed by atoms with van der Waals surface area (Å²) in [5.41, 5.74) is 6.28. The number of carboxylic acid groups (broad SMARTS) is 1. The lowest BCUT2D eigenvalue weighted by Gasteiger charge is -2.40. The van der Waals surface area contributed by atoms with Crippen molar-refractivity contribution >= 4 is 11.8 Å². The van der Waals surface area contributed by atoms with Crippen molar-refractivity contribution in [3.05, 3.63) is 45.5 Å². The minimum absolute atomic E-state index is 0.135. The number of hydrogen-bond donors (Lipinski definition) is 2. The lowest BCUT2D eigenvalue weighted by atomic mass is 9.65. The van der Waals surface area contributed by atoms with Gasteiger partial charge in [-0.15, -0.1) is 10.1 Å². The van der Waals surface area contributed by atoms with Gasteiger partial charge in [0.15, 0.2) is 5.78 Å². The maximum atomic E-state index is 12.8. The maximum absolute atomic E-state index is 12.8. The topological polar surface area (TPSA) is 133 Å². The molecular weight excluding hydrogens is 328 g/mol. The van der Waals surface area contributed by atoms with Gasteiger partial charge in [0.05, 0.1) is 12.5 Å². The summed E-state index contributed by atoms with van der Waals surface area (Å²) in [6.45, 7) is -0.260. The third kappa shape index (κ3) is 4.76. The predicted molar refractivity (Wildman–Crippen MR) is 88.3 cm³/mol. The fourth-order valence-corrected chi connectivity index (χ4v) is 3.55. The summed E-state index contributed by atoms with van der Waals surface area (Å²) >= 11 is 0. The van der Waals surface area contributed by atoms with Gasteiger partial charge in [0.1, 0.15) is 6.61 Å². The number of nitrogens with zero attached hydrogens (tertiary/aromatic N) is 1. The van der Waals surface area contributed by atoms with Gasteiger partial charge in [-0.25, -0.2) is 0 Å².